The highest BCUT2D eigenvalue weighted by Crippen LogP contribution is 2.31. The van der Waals surface area contributed by atoms with Crippen molar-refractivity contribution in [2.75, 3.05) is 20.1 Å². The summed E-state index contributed by atoms with van der Waals surface area (Å²) in [4.78, 5) is 14.5. The van der Waals surface area contributed by atoms with E-state index in [1.807, 2.05) is 0 Å². The molecule has 1 aromatic carbocycles. The van der Waals surface area contributed by atoms with Crippen LogP contribution in [0.1, 0.15) is 24.8 Å². The van der Waals surface area contributed by atoms with Gasteiger partial charge in [0.05, 0.1) is 6.54 Å². The molecule has 2 saturated heterocycles. The lowest BCUT2D eigenvalue weighted by Crippen LogP contribution is -2.52. The van der Waals surface area contributed by atoms with Gasteiger partial charge >= 0.3 is 6.61 Å². The minimum Gasteiger partial charge on any atom is -0.435 e. The summed E-state index contributed by atoms with van der Waals surface area (Å²) in [5, 5.41) is 1.65. The number of hydrazine groups is 1. The Balaban J connectivity index is 1.61. The number of benzene rings is 1. The molecule has 1 aromatic rings. The molecular weight excluding hydrogens is 304 g/mol. The van der Waals surface area contributed by atoms with Gasteiger partial charge in [-0.15, -0.1) is 0 Å². The fraction of sp³-hybridized carbons (Fsp3) is 0.562. The molecule has 0 radical (unpaired) electrons. The number of piperidine rings is 1. The first-order chi connectivity index (χ1) is 11.0. The molecule has 2 heterocycles. The number of rotatable bonds is 4. The molecule has 0 unspecified atom stereocenters. The highest BCUT2D eigenvalue weighted by molar-refractivity contribution is 5.79. The van der Waals surface area contributed by atoms with Crippen LogP contribution in [-0.4, -0.2) is 48.1 Å². The third-order valence-corrected chi connectivity index (χ3v) is 4.60. The number of alkyl halides is 2. The lowest BCUT2D eigenvalue weighted by molar-refractivity contribution is -0.130. The highest BCUT2D eigenvalue weighted by Gasteiger charge is 2.44. The van der Waals surface area contributed by atoms with Gasteiger partial charge in [-0.3, -0.25) is 9.80 Å². The predicted molar refractivity (Wildman–Crippen MR) is 80.8 cm³/mol. The second-order valence-corrected chi connectivity index (χ2v) is 6.37. The van der Waals surface area contributed by atoms with E-state index in [0.717, 1.165) is 31.5 Å². The number of amides is 1. The number of nitrogens with zero attached hydrogens (tertiary/aromatic N) is 2. The second kappa shape index (κ2) is 6.41. The fourth-order valence-electron chi connectivity index (χ4n) is 3.19. The number of carbonyl (C=O) groups is 1. The summed E-state index contributed by atoms with van der Waals surface area (Å²) in [6.07, 6.45) is 2.42. The molecule has 1 amide bonds. The van der Waals surface area contributed by atoms with Crippen molar-refractivity contribution in [3.05, 3.63) is 29.8 Å². The zero-order valence-electron chi connectivity index (χ0n) is 13.1. The maximum absolute atomic E-state index is 12.3. The van der Waals surface area contributed by atoms with E-state index >= 15 is 0 Å². The predicted octanol–water partition coefficient (Wildman–Crippen LogP) is 1.99. The molecule has 3 rings (SSSR count). The lowest BCUT2D eigenvalue weighted by atomic mass is 9.86. The molecule has 1 N–H and O–H groups in total. The highest BCUT2D eigenvalue weighted by atomic mass is 19.3. The van der Waals surface area contributed by atoms with Gasteiger partial charge in [-0.2, -0.15) is 8.78 Å². The van der Waals surface area contributed by atoms with Crippen LogP contribution in [0.2, 0.25) is 0 Å². The summed E-state index contributed by atoms with van der Waals surface area (Å²) in [6.45, 7) is -0.445. The van der Waals surface area contributed by atoms with Crippen LogP contribution in [0.3, 0.4) is 0 Å². The summed E-state index contributed by atoms with van der Waals surface area (Å²) < 4.78 is 28.6. The molecule has 0 atom stereocenters. The van der Waals surface area contributed by atoms with Crippen molar-refractivity contribution in [2.24, 2.45) is 0 Å². The number of likely N-dealkylation sites (tertiary alicyclic amines) is 1. The SMILES string of the molecule is CN1CCC2(CC1)CC(=O)N(Cc1ccc(OC(F)F)cc1)N2. The van der Waals surface area contributed by atoms with Gasteiger partial charge in [0.1, 0.15) is 5.75 Å². The second-order valence-electron chi connectivity index (χ2n) is 6.37. The maximum Gasteiger partial charge on any atom is 0.387 e. The fourth-order valence-corrected chi connectivity index (χ4v) is 3.19. The number of ether oxygens (including phenoxy) is 1. The van der Waals surface area contributed by atoms with Gasteiger partial charge in [-0.25, -0.2) is 5.43 Å². The van der Waals surface area contributed by atoms with Gasteiger partial charge in [0.2, 0.25) is 5.91 Å². The average molecular weight is 325 g/mol. The number of hydrogen-bond donors (Lipinski definition) is 1. The minimum absolute atomic E-state index is 0.0856. The Kier molecular flexibility index (Phi) is 4.50. The molecule has 2 fully saturated rings. The zero-order valence-corrected chi connectivity index (χ0v) is 13.1. The van der Waals surface area contributed by atoms with E-state index in [-0.39, 0.29) is 17.2 Å². The molecule has 23 heavy (non-hydrogen) atoms. The molecule has 1 spiro atoms. The van der Waals surface area contributed by atoms with Crippen molar-refractivity contribution in [2.45, 2.75) is 38.0 Å². The molecular formula is C16H21F2N3O2. The van der Waals surface area contributed by atoms with Crippen molar-refractivity contribution in [1.29, 1.82) is 0 Å². The quantitative estimate of drug-likeness (QED) is 0.919. The van der Waals surface area contributed by atoms with E-state index in [1.165, 1.54) is 12.1 Å². The van der Waals surface area contributed by atoms with Crippen LogP contribution in [0, 0.1) is 0 Å². The maximum atomic E-state index is 12.3. The first-order valence-electron chi connectivity index (χ1n) is 7.76. The summed E-state index contributed by atoms with van der Waals surface area (Å²) in [7, 11) is 2.09. The molecule has 126 valence electrons. The Morgan fingerprint density at radius 3 is 2.52 bits per heavy atom. The first-order valence-corrected chi connectivity index (χ1v) is 7.76. The van der Waals surface area contributed by atoms with E-state index in [9.17, 15) is 13.6 Å². The van der Waals surface area contributed by atoms with Crippen molar-refractivity contribution in [3.63, 3.8) is 0 Å². The normalized spacial score (nSPS) is 21.4. The molecule has 0 bridgehead atoms. The number of nitrogens with one attached hydrogen (secondary N) is 1. The summed E-state index contributed by atoms with van der Waals surface area (Å²) in [5.74, 6) is 0.207. The summed E-state index contributed by atoms with van der Waals surface area (Å²) in [6, 6.07) is 6.39. The Morgan fingerprint density at radius 1 is 1.26 bits per heavy atom. The molecule has 0 aliphatic carbocycles. The summed E-state index contributed by atoms with van der Waals surface area (Å²) >= 11 is 0. The molecule has 5 nitrogen and oxygen atoms in total. The molecule has 7 heteroatoms. The van der Waals surface area contributed by atoms with Crippen molar-refractivity contribution >= 4 is 5.91 Å². The Labute approximate surface area is 134 Å². The van der Waals surface area contributed by atoms with Crippen LogP contribution >= 0.6 is 0 Å². The minimum atomic E-state index is -2.83. The monoisotopic (exact) mass is 325 g/mol. The zero-order chi connectivity index (χ0) is 16.4. The lowest BCUT2D eigenvalue weighted by Gasteiger charge is -2.37. The van der Waals surface area contributed by atoms with E-state index in [1.54, 1.807) is 17.1 Å². The van der Waals surface area contributed by atoms with Crippen LogP contribution in [0.5, 0.6) is 5.75 Å². The molecule has 0 aromatic heterocycles. The van der Waals surface area contributed by atoms with Gasteiger partial charge in [-0.05, 0) is 50.7 Å². The van der Waals surface area contributed by atoms with Crippen LogP contribution in [0.4, 0.5) is 8.78 Å². The van der Waals surface area contributed by atoms with E-state index in [4.69, 9.17) is 0 Å². The topological polar surface area (TPSA) is 44.8 Å². The van der Waals surface area contributed by atoms with Gasteiger partial charge in [0.15, 0.2) is 0 Å². The summed E-state index contributed by atoms with van der Waals surface area (Å²) in [5.41, 5.74) is 4.13. The van der Waals surface area contributed by atoms with Crippen LogP contribution in [0.25, 0.3) is 0 Å². The van der Waals surface area contributed by atoms with Crippen LogP contribution in [0.15, 0.2) is 24.3 Å². The van der Waals surface area contributed by atoms with Crippen molar-refractivity contribution in [1.82, 2.24) is 15.3 Å². The number of halogens is 2. The van der Waals surface area contributed by atoms with Gasteiger partial charge in [0, 0.05) is 12.0 Å². The molecule has 2 aliphatic rings. The average Bonchev–Trinajstić information content (AvgIpc) is 2.80. The standard InChI is InChI=1S/C16H21F2N3O2/c1-20-8-6-16(7-9-20)10-14(22)21(19-16)11-12-2-4-13(5-3-12)23-15(17)18/h2-5,15,19H,6-11H2,1H3. The van der Waals surface area contributed by atoms with E-state index < -0.39 is 6.61 Å². The van der Waals surface area contributed by atoms with Crippen molar-refractivity contribution < 1.29 is 18.3 Å². The number of hydrogen-bond acceptors (Lipinski definition) is 4. The molecule has 0 saturated carbocycles. The molecule has 2 aliphatic heterocycles. The van der Waals surface area contributed by atoms with Gasteiger partial charge in [0.25, 0.3) is 0 Å². The van der Waals surface area contributed by atoms with E-state index in [2.05, 4.69) is 22.1 Å². The van der Waals surface area contributed by atoms with Gasteiger partial charge < -0.3 is 9.64 Å². The number of carbonyl (C=O) groups excluding carboxylic acids is 1. The third kappa shape index (κ3) is 3.79. The van der Waals surface area contributed by atoms with Gasteiger partial charge in [-0.1, -0.05) is 12.1 Å². The smallest absolute Gasteiger partial charge is 0.387 e. The largest absolute Gasteiger partial charge is 0.435 e. The van der Waals surface area contributed by atoms with E-state index in [0.29, 0.717) is 13.0 Å². The Hall–Kier alpha value is -1.73. The Morgan fingerprint density at radius 2 is 1.91 bits per heavy atom. The van der Waals surface area contributed by atoms with Crippen LogP contribution < -0.4 is 10.2 Å². The van der Waals surface area contributed by atoms with Crippen molar-refractivity contribution in [3.8, 4) is 5.75 Å². The van der Waals surface area contributed by atoms with Crippen LogP contribution in [-0.2, 0) is 11.3 Å². The third-order valence-electron chi connectivity index (χ3n) is 4.60. The Bertz CT molecular complexity index is 557. The first kappa shape index (κ1) is 16.1.